The van der Waals surface area contributed by atoms with Crippen LogP contribution in [0.15, 0.2) is 36.7 Å². The first-order chi connectivity index (χ1) is 13.9. The van der Waals surface area contributed by atoms with Gasteiger partial charge < -0.3 is 9.64 Å². The molecule has 1 saturated heterocycles. The molecule has 156 valence electrons. The summed E-state index contributed by atoms with van der Waals surface area (Å²) >= 11 is 0. The maximum atomic E-state index is 11.6. The molecule has 3 N–H and O–H groups in total. The smallest absolute Gasteiger partial charge is 0.337 e. The van der Waals surface area contributed by atoms with E-state index in [9.17, 15) is 13.2 Å². The zero-order chi connectivity index (χ0) is 20.9. The Labute approximate surface area is 170 Å². The first-order valence-electron chi connectivity index (χ1n) is 9.39. The van der Waals surface area contributed by atoms with Crippen molar-refractivity contribution in [3.05, 3.63) is 42.2 Å². The highest BCUT2D eigenvalue weighted by atomic mass is 32.2. The summed E-state index contributed by atoms with van der Waals surface area (Å²) in [5.41, 5.74) is 2.17. The lowest BCUT2D eigenvalue weighted by Crippen LogP contribution is -2.36. The van der Waals surface area contributed by atoms with E-state index in [4.69, 9.17) is 9.88 Å². The monoisotopic (exact) mass is 419 g/mol. The highest BCUT2D eigenvalue weighted by molar-refractivity contribution is 7.87. The quantitative estimate of drug-likeness (QED) is 0.648. The van der Waals surface area contributed by atoms with Crippen molar-refractivity contribution in [2.75, 3.05) is 31.6 Å². The summed E-state index contributed by atoms with van der Waals surface area (Å²) in [6.45, 7) is 2.05. The molecule has 0 radical (unpaired) electrons. The molecule has 3 rings (SSSR count). The molecular formula is C19H25N5O4S. The zero-order valence-corrected chi connectivity index (χ0v) is 17.1. The molecule has 0 bridgehead atoms. The van der Waals surface area contributed by atoms with E-state index < -0.39 is 10.2 Å². The molecule has 2 heterocycles. The molecule has 0 spiro atoms. The molecular weight excluding hydrogens is 394 g/mol. The fourth-order valence-electron chi connectivity index (χ4n) is 3.43. The van der Waals surface area contributed by atoms with E-state index in [1.807, 2.05) is 18.2 Å². The van der Waals surface area contributed by atoms with Gasteiger partial charge in [-0.15, -0.1) is 0 Å². The SMILES string of the molecule is COC(=O)c1ccc(-c2cc(N3CCC(CCNS(N)(=O)=O)CC3)ncn2)cc1. The lowest BCUT2D eigenvalue weighted by atomic mass is 9.93. The Balaban J connectivity index is 1.60. The van der Waals surface area contributed by atoms with Crippen LogP contribution in [0.25, 0.3) is 11.3 Å². The number of aromatic nitrogens is 2. The molecule has 1 aromatic carbocycles. The van der Waals surface area contributed by atoms with Gasteiger partial charge in [0.1, 0.15) is 12.1 Å². The lowest BCUT2D eigenvalue weighted by Gasteiger charge is -2.32. The van der Waals surface area contributed by atoms with Crippen LogP contribution in [0.3, 0.4) is 0 Å². The van der Waals surface area contributed by atoms with Gasteiger partial charge in [0.2, 0.25) is 0 Å². The van der Waals surface area contributed by atoms with E-state index in [2.05, 4.69) is 19.6 Å². The van der Waals surface area contributed by atoms with E-state index >= 15 is 0 Å². The highest BCUT2D eigenvalue weighted by Crippen LogP contribution is 2.26. The summed E-state index contributed by atoms with van der Waals surface area (Å²) in [7, 11) is -2.27. The highest BCUT2D eigenvalue weighted by Gasteiger charge is 2.21. The van der Waals surface area contributed by atoms with E-state index in [1.165, 1.54) is 7.11 Å². The third kappa shape index (κ3) is 5.96. The number of carbonyl (C=O) groups is 1. The van der Waals surface area contributed by atoms with Crippen molar-refractivity contribution in [2.24, 2.45) is 11.1 Å². The fraction of sp³-hybridized carbons (Fsp3) is 0.421. The second-order valence-electron chi connectivity index (χ2n) is 6.99. The summed E-state index contributed by atoms with van der Waals surface area (Å²) < 4.78 is 29.0. The number of carbonyl (C=O) groups excluding carboxylic acids is 1. The van der Waals surface area contributed by atoms with Crippen molar-refractivity contribution in [1.82, 2.24) is 14.7 Å². The van der Waals surface area contributed by atoms with E-state index in [1.54, 1.807) is 18.5 Å². The van der Waals surface area contributed by atoms with Crippen LogP contribution in [0.2, 0.25) is 0 Å². The van der Waals surface area contributed by atoms with Crippen LogP contribution in [0, 0.1) is 5.92 Å². The number of hydrogen-bond acceptors (Lipinski definition) is 7. The van der Waals surface area contributed by atoms with Crippen molar-refractivity contribution < 1.29 is 17.9 Å². The second kappa shape index (κ2) is 9.29. The normalized spacial score (nSPS) is 15.3. The van der Waals surface area contributed by atoms with Gasteiger partial charge in [-0.2, -0.15) is 8.42 Å². The molecule has 1 fully saturated rings. The predicted octanol–water partition coefficient (Wildman–Crippen LogP) is 1.33. The van der Waals surface area contributed by atoms with Crippen molar-refractivity contribution in [3.8, 4) is 11.3 Å². The molecule has 0 atom stereocenters. The Morgan fingerprint density at radius 2 is 1.93 bits per heavy atom. The van der Waals surface area contributed by atoms with Gasteiger partial charge in [0.25, 0.3) is 10.2 Å². The van der Waals surface area contributed by atoms with Crippen molar-refractivity contribution in [2.45, 2.75) is 19.3 Å². The first kappa shape index (κ1) is 21.2. The molecule has 0 amide bonds. The van der Waals surface area contributed by atoms with Crippen molar-refractivity contribution >= 4 is 22.0 Å². The molecule has 1 aromatic heterocycles. The number of anilines is 1. The molecule has 9 nitrogen and oxygen atoms in total. The number of methoxy groups -OCH3 is 1. The van der Waals surface area contributed by atoms with Gasteiger partial charge in [0, 0.05) is 31.3 Å². The molecule has 29 heavy (non-hydrogen) atoms. The van der Waals surface area contributed by atoms with Gasteiger partial charge in [-0.3, -0.25) is 0 Å². The van der Waals surface area contributed by atoms with Crippen LogP contribution in [0.4, 0.5) is 5.82 Å². The fourth-order valence-corrected chi connectivity index (χ4v) is 3.83. The summed E-state index contributed by atoms with van der Waals surface area (Å²) in [5.74, 6) is 0.933. The van der Waals surface area contributed by atoms with Gasteiger partial charge in [-0.25, -0.2) is 24.6 Å². The van der Waals surface area contributed by atoms with Crippen LogP contribution in [-0.2, 0) is 14.9 Å². The molecule has 10 heteroatoms. The number of piperidine rings is 1. The topological polar surface area (TPSA) is 128 Å². The first-order valence-corrected chi connectivity index (χ1v) is 10.9. The zero-order valence-electron chi connectivity index (χ0n) is 16.2. The number of rotatable bonds is 7. The van der Waals surface area contributed by atoms with Gasteiger partial charge in [0.05, 0.1) is 18.4 Å². The molecule has 0 unspecified atom stereocenters. The number of esters is 1. The number of nitrogens with one attached hydrogen (secondary N) is 1. The maximum Gasteiger partial charge on any atom is 0.337 e. The summed E-state index contributed by atoms with van der Waals surface area (Å²) in [5, 5.41) is 4.96. The number of nitrogens with zero attached hydrogens (tertiary/aromatic N) is 3. The van der Waals surface area contributed by atoms with Crippen molar-refractivity contribution in [1.29, 1.82) is 0 Å². The van der Waals surface area contributed by atoms with Crippen LogP contribution < -0.4 is 14.8 Å². The Kier molecular flexibility index (Phi) is 6.78. The van der Waals surface area contributed by atoms with Gasteiger partial charge >= 0.3 is 5.97 Å². The molecule has 1 aliphatic heterocycles. The minimum atomic E-state index is -3.62. The summed E-state index contributed by atoms with van der Waals surface area (Å²) in [6.07, 6.45) is 4.23. The molecule has 2 aromatic rings. The van der Waals surface area contributed by atoms with E-state index in [0.29, 0.717) is 18.0 Å². The lowest BCUT2D eigenvalue weighted by molar-refractivity contribution is 0.0600. The molecule has 0 aliphatic carbocycles. The average Bonchev–Trinajstić information content (AvgIpc) is 2.73. The Hall–Kier alpha value is -2.56. The summed E-state index contributed by atoms with van der Waals surface area (Å²) in [6, 6.07) is 9.04. The largest absolute Gasteiger partial charge is 0.465 e. The van der Waals surface area contributed by atoms with Crippen LogP contribution >= 0.6 is 0 Å². The van der Waals surface area contributed by atoms with E-state index in [-0.39, 0.29) is 5.97 Å². The molecule has 0 saturated carbocycles. The van der Waals surface area contributed by atoms with E-state index in [0.717, 1.165) is 49.4 Å². The number of hydrogen-bond donors (Lipinski definition) is 2. The van der Waals surface area contributed by atoms with Gasteiger partial charge in [-0.1, -0.05) is 12.1 Å². The van der Waals surface area contributed by atoms with Crippen LogP contribution in [-0.4, -0.2) is 51.1 Å². The minimum Gasteiger partial charge on any atom is -0.465 e. The second-order valence-corrected chi connectivity index (χ2v) is 8.37. The standard InChI is InChI=1S/C19H25N5O4S/c1-28-19(25)16-4-2-15(3-5-16)17-12-18(22-13-21-17)24-10-7-14(8-11-24)6-9-23-29(20,26)27/h2-5,12-14,23H,6-11H2,1H3,(H2,20,26,27). The Morgan fingerprint density at radius 3 is 2.55 bits per heavy atom. The number of nitrogens with two attached hydrogens (primary N) is 1. The Morgan fingerprint density at radius 1 is 1.24 bits per heavy atom. The average molecular weight is 420 g/mol. The van der Waals surface area contributed by atoms with Gasteiger partial charge in [-0.05, 0) is 37.3 Å². The van der Waals surface area contributed by atoms with Crippen LogP contribution in [0.1, 0.15) is 29.6 Å². The number of benzene rings is 1. The summed E-state index contributed by atoms with van der Waals surface area (Å²) in [4.78, 5) is 22.5. The minimum absolute atomic E-state index is 0.364. The molecule has 1 aliphatic rings. The third-order valence-electron chi connectivity index (χ3n) is 5.05. The van der Waals surface area contributed by atoms with Crippen molar-refractivity contribution in [3.63, 3.8) is 0 Å². The maximum absolute atomic E-state index is 11.6. The Bertz CT molecular complexity index is 941. The van der Waals surface area contributed by atoms with Crippen LogP contribution in [0.5, 0.6) is 0 Å². The van der Waals surface area contributed by atoms with Gasteiger partial charge in [0.15, 0.2) is 0 Å². The number of ether oxygens (including phenoxy) is 1. The predicted molar refractivity (Wildman–Crippen MR) is 109 cm³/mol. The third-order valence-corrected chi connectivity index (χ3v) is 5.66.